The summed E-state index contributed by atoms with van der Waals surface area (Å²) in [6.45, 7) is 8.70. The van der Waals surface area contributed by atoms with Gasteiger partial charge in [-0.2, -0.15) is 0 Å². The molecule has 0 unspecified atom stereocenters. The van der Waals surface area contributed by atoms with Gasteiger partial charge >= 0.3 is 0 Å². The van der Waals surface area contributed by atoms with E-state index in [9.17, 15) is 4.79 Å². The Balaban J connectivity index is 2.13. The topological polar surface area (TPSA) is 67.6 Å². The molecule has 5 nitrogen and oxygen atoms in total. The van der Waals surface area contributed by atoms with Crippen molar-refractivity contribution < 1.29 is 9.53 Å². The predicted molar refractivity (Wildman–Crippen MR) is 109 cm³/mol. The average molecular weight is 355 g/mol. The van der Waals surface area contributed by atoms with E-state index < -0.39 is 0 Å². The molecule has 0 saturated heterocycles. The monoisotopic (exact) mass is 355 g/mol. The number of carbonyl (C=O) groups is 1. The predicted octanol–water partition coefficient (Wildman–Crippen LogP) is 4.55. The first kappa shape index (κ1) is 19.6. The van der Waals surface area contributed by atoms with Gasteiger partial charge in [-0.1, -0.05) is 13.3 Å². The Kier molecular flexibility index (Phi) is 7.33. The third-order valence-corrected chi connectivity index (χ3v) is 4.26. The van der Waals surface area contributed by atoms with Crippen LogP contribution < -0.4 is 20.7 Å². The van der Waals surface area contributed by atoms with Gasteiger partial charge in [0.2, 0.25) is 0 Å². The summed E-state index contributed by atoms with van der Waals surface area (Å²) in [5.74, 6) is 0.618. The summed E-state index contributed by atoms with van der Waals surface area (Å²) in [5, 5.41) is 2.99. The molecule has 1 amide bonds. The largest absolute Gasteiger partial charge is 0.494 e. The highest BCUT2D eigenvalue weighted by atomic mass is 16.5. The molecule has 0 aliphatic rings. The SMILES string of the molecule is CCCCOc1ccc(C(=O)Nc2cc(N)ccc2N(CC)CC)cc1. The number of ether oxygens (including phenoxy) is 1. The molecular formula is C21H29N3O2. The van der Waals surface area contributed by atoms with Crippen molar-refractivity contribution in [1.82, 2.24) is 0 Å². The summed E-state index contributed by atoms with van der Waals surface area (Å²) in [7, 11) is 0. The number of anilines is 3. The van der Waals surface area contributed by atoms with Crippen LogP contribution in [0.1, 0.15) is 44.0 Å². The minimum atomic E-state index is -0.163. The Labute approximate surface area is 156 Å². The molecule has 0 aromatic heterocycles. The van der Waals surface area contributed by atoms with Crippen LogP contribution in [0.5, 0.6) is 5.75 Å². The van der Waals surface area contributed by atoms with Gasteiger partial charge in [0.05, 0.1) is 18.0 Å². The van der Waals surface area contributed by atoms with Crippen LogP contribution in [0, 0.1) is 0 Å². The number of carbonyl (C=O) groups excluding carboxylic acids is 1. The molecule has 0 bridgehead atoms. The fraction of sp³-hybridized carbons (Fsp3) is 0.381. The van der Waals surface area contributed by atoms with E-state index in [0.29, 0.717) is 17.9 Å². The van der Waals surface area contributed by atoms with Gasteiger partial charge in [-0.3, -0.25) is 4.79 Å². The number of nitrogens with two attached hydrogens (primary N) is 1. The molecule has 2 rings (SSSR count). The standard InChI is InChI=1S/C21H29N3O2/c1-4-7-14-26-18-11-8-16(9-12-18)21(25)23-19-15-17(22)10-13-20(19)24(5-2)6-3/h8-13,15H,4-7,14,22H2,1-3H3,(H,23,25). The molecule has 0 atom stereocenters. The number of hydrogen-bond acceptors (Lipinski definition) is 4. The fourth-order valence-electron chi connectivity index (χ4n) is 2.73. The third-order valence-electron chi connectivity index (χ3n) is 4.26. The van der Waals surface area contributed by atoms with Gasteiger partial charge in [0, 0.05) is 24.3 Å². The first-order chi connectivity index (χ1) is 12.6. The average Bonchev–Trinajstić information content (AvgIpc) is 2.65. The van der Waals surface area contributed by atoms with Crippen molar-refractivity contribution >= 4 is 23.0 Å². The highest BCUT2D eigenvalue weighted by Gasteiger charge is 2.13. The minimum absolute atomic E-state index is 0.163. The molecule has 2 aromatic carbocycles. The van der Waals surface area contributed by atoms with Crippen molar-refractivity contribution in [1.29, 1.82) is 0 Å². The second-order valence-corrected chi connectivity index (χ2v) is 6.13. The second kappa shape index (κ2) is 9.70. The van der Waals surface area contributed by atoms with Crippen molar-refractivity contribution in [3.05, 3.63) is 48.0 Å². The Morgan fingerprint density at radius 2 is 1.77 bits per heavy atom. The van der Waals surface area contributed by atoms with Crippen molar-refractivity contribution in [3.63, 3.8) is 0 Å². The molecule has 140 valence electrons. The van der Waals surface area contributed by atoms with E-state index in [4.69, 9.17) is 10.5 Å². The number of unbranched alkanes of at least 4 members (excludes halogenated alkanes) is 1. The number of hydrogen-bond donors (Lipinski definition) is 2. The summed E-state index contributed by atoms with van der Waals surface area (Å²) in [4.78, 5) is 14.8. The number of nitrogens with zero attached hydrogens (tertiary/aromatic N) is 1. The number of benzene rings is 2. The molecule has 26 heavy (non-hydrogen) atoms. The zero-order valence-corrected chi connectivity index (χ0v) is 15.9. The number of nitrogen functional groups attached to an aromatic ring is 1. The maximum absolute atomic E-state index is 12.6. The zero-order chi connectivity index (χ0) is 18.9. The van der Waals surface area contributed by atoms with Gasteiger partial charge in [-0.05, 0) is 62.7 Å². The smallest absolute Gasteiger partial charge is 0.255 e. The fourth-order valence-corrected chi connectivity index (χ4v) is 2.73. The molecule has 0 saturated carbocycles. The summed E-state index contributed by atoms with van der Waals surface area (Å²) in [6.07, 6.45) is 2.11. The summed E-state index contributed by atoms with van der Waals surface area (Å²) >= 11 is 0. The van der Waals surface area contributed by atoms with Gasteiger partial charge in [-0.25, -0.2) is 0 Å². The first-order valence-corrected chi connectivity index (χ1v) is 9.27. The molecular weight excluding hydrogens is 326 g/mol. The van der Waals surface area contributed by atoms with Crippen LogP contribution in [-0.4, -0.2) is 25.6 Å². The molecule has 0 fully saturated rings. The Hall–Kier alpha value is -2.69. The Morgan fingerprint density at radius 3 is 2.38 bits per heavy atom. The maximum Gasteiger partial charge on any atom is 0.255 e. The van der Waals surface area contributed by atoms with E-state index in [0.717, 1.165) is 43.1 Å². The molecule has 0 aliphatic heterocycles. The van der Waals surface area contributed by atoms with Crippen molar-refractivity contribution in [3.8, 4) is 5.75 Å². The summed E-state index contributed by atoms with van der Waals surface area (Å²) in [5.41, 5.74) is 8.82. The van der Waals surface area contributed by atoms with Crippen LogP contribution in [-0.2, 0) is 0 Å². The number of amides is 1. The minimum Gasteiger partial charge on any atom is -0.494 e. The van der Waals surface area contributed by atoms with Gasteiger partial charge in [0.15, 0.2) is 0 Å². The van der Waals surface area contributed by atoms with Gasteiger partial charge in [0.1, 0.15) is 5.75 Å². The van der Waals surface area contributed by atoms with Crippen molar-refractivity contribution in [2.45, 2.75) is 33.6 Å². The lowest BCUT2D eigenvalue weighted by molar-refractivity contribution is 0.102. The van der Waals surface area contributed by atoms with E-state index in [-0.39, 0.29) is 5.91 Å². The molecule has 5 heteroatoms. The lowest BCUT2D eigenvalue weighted by Gasteiger charge is -2.24. The lowest BCUT2D eigenvalue weighted by Crippen LogP contribution is -2.24. The molecule has 0 radical (unpaired) electrons. The Morgan fingerprint density at radius 1 is 1.08 bits per heavy atom. The lowest BCUT2D eigenvalue weighted by atomic mass is 10.1. The van der Waals surface area contributed by atoms with Gasteiger partial charge < -0.3 is 20.7 Å². The molecule has 0 heterocycles. The van der Waals surface area contributed by atoms with Crippen molar-refractivity contribution in [2.75, 3.05) is 35.6 Å². The molecule has 2 aromatic rings. The highest BCUT2D eigenvalue weighted by molar-refractivity contribution is 6.06. The third kappa shape index (κ3) is 5.15. The van der Waals surface area contributed by atoms with Crippen LogP contribution in [0.2, 0.25) is 0 Å². The normalized spacial score (nSPS) is 10.4. The number of nitrogens with one attached hydrogen (secondary N) is 1. The quantitative estimate of drug-likeness (QED) is 0.512. The van der Waals surface area contributed by atoms with E-state index in [1.165, 1.54) is 0 Å². The molecule has 0 aliphatic carbocycles. The van der Waals surface area contributed by atoms with E-state index in [2.05, 4.69) is 31.0 Å². The highest BCUT2D eigenvalue weighted by Crippen LogP contribution is 2.28. The Bertz CT molecular complexity index is 710. The second-order valence-electron chi connectivity index (χ2n) is 6.13. The van der Waals surface area contributed by atoms with E-state index >= 15 is 0 Å². The van der Waals surface area contributed by atoms with Gasteiger partial charge in [-0.15, -0.1) is 0 Å². The van der Waals surface area contributed by atoms with Crippen molar-refractivity contribution in [2.24, 2.45) is 0 Å². The van der Waals surface area contributed by atoms with Crippen LogP contribution in [0.25, 0.3) is 0 Å². The maximum atomic E-state index is 12.6. The molecule has 3 N–H and O–H groups in total. The zero-order valence-electron chi connectivity index (χ0n) is 15.9. The van der Waals surface area contributed by atoms with E-state index in [1.54, 1.807) is 18.2 Å². The number of rotatable bonds is 9. The van der Waals surface area contributed by atoms with Crippen LogP contribution in [0.4, 0.5) is 17.1 Å². The van der Waals surface area contributed by atoms with Crippen LogP contribution in [0.3, 0.4) is 0 Å². The van der Waals surface area contributed by atoms with Crippen LogP contribution >= 0.6 is 0 Å². The summed E-state index contributed by atoms with van der Waals surface area (Å²) < 4.78 is 5.64. The summed E-state index contributed by atoms with van der Waals surface area (Å²) in [6, 6.07) is 12.8. The first-order valence-electron chi connectivity index (χ1n) is 9.27. The van der Waals surface area contributed by atoms with Gasteiger partial charge in [0.25, 0.3) is 5.91 Å². The molecule has 0 spiro atoms. The van der Waals surface area contributed by atoms with E-state index in [1.807, 2.05) is 24.3 Å². The van der Waals surface area contributed by atoms with Crippen LogP contribution in [0.15, 0.2) is 42.5 Å².